The van der Waals surface area contributed by atoms with Crippen molar-refractivity contribution in [3.63, 3.8) is 0 Å². The highest BCUT2D eigenvalue weighted by molar-refractivity contribution is 7.98. The van der Waals surface area contributed by atoms with Gasteiger partial charge in [0.25, 0.3) is 0 Å². The third kappa shape index (κ3) is 5.39. The van der Waals surface area contributed by atoms with Crippen molar-refractivity contribution in [1.82, 2.24) is 15.1 Å². The lowest BCUT2D eigenvalue weighted by Crippen LogP contribution is -2.60. The maximum atomic E-state index is 13.5. The first-order chi connectivity index (χ1) is 15.1. The SMILES string of the molecule is O=C1CO[C@@H]2CCCN(C(=O)C(CSCc3ccccc3)NC(=O)N3CCOCC3)[C@H]12. The average molecular weight is 448 g/mol. The van der Waals surface area contributed by atoms with Crippen LogP contribution in [0.15, 0.2) is 30.3 Å². The summed E-state index contributed by atoms with van der Waals surface area (Å²) in [6.07, 6.45) is 1.35. The lowest BCUT2D eigenvalue weighted by Gasteiger charge is -2.38. The Labute approximate surface area is 186 Å². The number of urea groups is 1. The molecule has 0 radical (unpaired) electrons. The van der Waals surface area contributed by atoms with E-state index in [-0.39, 0.29) is 30.4 Å². The standard InChI is InChI=1S/C22H29N3O5S/c26-18-13-30-19-7-4-8-25(20(18)19)21(27)17(15-31-14-16-5-2-1-3-6-16)23-22(28)24-9-11-29-12-10-24/h1-3,5-6,17,19-20H,4,7-15H2,(H,23,28)/t17?,19-,20-/m1/s1. The van der Waals surface area contributed by atoms with Gasteiger partial charge in [-0.2, -0.15) is 11.8 Å². The molecule has 0 bridgehead atoms. The highest BCUT2D eigenvalue weighted by Gasteiger charge is 2.45. The molecule has 0 aliphatic carbocycles. The summed E-state index contributed by atoms with van der Waals surface area (Å²) in [6.45, 7) is 2.58. The van der Waals surface area contributed by atoms with Crippen LogP contribution in [0.1, 0.15) is 18.4 Å². The highest BCUT2D eigenvalue weighted by Crippen LogP contribution is 2.27. The zero-order valence-electron chi connectivity index (χ0n) is 17.5. The fourth-order valence-corrected chi connectivity index (χ4v) is 5.30. The number of rotatable bonds is 6. The van der Waals surface area contributed by atoms with Gasteiger partial charge < -0.3 is 24.6 Å². The van der Waals surface area contributed by atoms with Gasteiger partial charge in [0.05, 0.1) is 19.3 Å². The van der Waals surface area contributed by atoms with Gasteiger partial charge in [-0.1, -0.05) is 30.3 Å². The second-order valence-corrected chi connectivity index (χ2v) is 9.07. The minimum Gasteiger partial charge on any atom is -0.378 e. The zero-order valence-corrected chi connectivity index (χ0v) is 18.4. The van der Waals surface area contributed by atoms with E-state index in [1.807, 2.05) is 30.3 Å². The summed E-state index contributed by atoms with van der Waals surface area (Å²) in [5.41, 5.74) is 1.16. The van der Waals surface area contributed by atoms with Crippen molar-refractivity contribution in [2.75, 3.05) is 45.2 Å². The van der Waals surface area contributed by atoms with Crippen molar-refractivity contribution >= 4 is 29.5 Å². The summed E-state index contributed by atoms with van der Waals surface area (Å²) < 4.78 is 10.9. The number of benzene rings is 1. The third-order valence-electron chi connectivity index (χ3n) is 5.92. The lowest BCUT2D eigenvalue weighted by atomic mass is 9.97. The van der Waals surface area contributed by atoms with Gasteiger partial charge in [0.2, 0.25) is 5.91 Å². The van der Waals surface area contributed by atoms with Crippen LogP contribution >= 0.6 is 11.8 Å². The number of amides is 3. The zero-order chi connectivity index (χ0) is 21.6. The predicted molar refractivity (Wildman–Crippen MR) is 117 cm³/mol. The van der Waals surface area contributed by atoms with Crippen molar-refractivity contribution in [3.05, 3.63) is 35.9 Å². The van der Waals surface area contributed by atoms with Crippen molar-refractivity contribution in [1.29, 1.82) is 0 Å². The predicted octanol–water partition coefficient (Wildman–Crippen LogP) is 1.29. The molecule has 1 aromatic rings. The van der Waals surface area contributed by atoms with Crippen LogP contribution in [0.4, 0.5) is 4.79 Å². The van der Waals surface area contributed by atoms with E-state index in [1.165, 1.54) is 0 Å². The quantitative estimate of drug-likeness (QED) is 0.707. The molecule has 3 aliphatic heterocycles. The normalized spacial score (nSPS) is 24.6. The molecule has 0 aromatic heterocycles. The van der Waals surface area contributed by atoms with E-state index in [2.05, 4.69) is 5.32 Å². The van der Waals surface area contributed by atoms with E-state index < -0.39 is 12.1 Å². The van der Waals surface area contributed by atoms with Crippen LogP contribution in [-0.2, 0) is 24.8 Å². The second kappa shape index (κ2) is 10.5. The molecule has 1 unspecified atom stereocenters. The van der Waals surface area contributed by atoms with Gasteiger partial charge in [-0.25, -0.2) is 4.79 Å². The largest absolute Gasteiger partial charge is 0.378 e. The number of hydrogen-bond acceptors (Lipinski definition) is 6. The van der Waals surface area contributed by atoms with Gasteiger partial charge in [-0.3, -0.25) is 9.59 Å². The summed E-state index contributed by atoms with van der Waals surface area (Å²) in [7, 11) is 0. The van der Waals surface area contributed by atoms with E-state index in [0.29, 0.717) is 38.6 Å². The summed E-state index contributed by atoms with van der Waals surface area (Å²) in [4.78, 5) is 42.0. The molecule has 0 spiro atoms. The fraction of sp³-hybridized carbons (Fsp3) is 0.591. The number of Topliss-reactive ketones (excluding diaryl/α,β-unsaturated/α-hetero) is 1. The van der Waals surface area contributed by atoms with E-state index in [0.717, 1.165) is 24.2 Å². The highest BCUT2D eigenvalue weighted by atomic mass is 32.2. The molecule has 3 heterocycles. The van der Waals surface area contributed by atoms with Gasteiger partial charge in [-0.05, 0) is 18.4 Å². The van der Waals surface area contributed by atoms with Gasteiger partial charge in [-0.15, -0.1) is 0 Å². The van der Waals surface area contributed by atoms with Crippen molar-refractivity contribution < 1.29 is 23.9 Å². The number of piperidine rings is 1. The third-order valence-corrected chi connectivity index (χ3v) is 7.02. The average Bonchev–Trinajstić information content (AvgIpc) is 3.20. The Morgan fingerprint density at radius 1 is 1.16 bits per heavy atom. The fourth-order valence-electron chi connectivity index (χ4n) is 4.29. The van der Waals surface area contributed by atoms with E-state index in [4.69, 9.17) is 9.47 Å². The molecule has 0 saturated carbocycles. The van der Waals surface area contributed by atoms with Gasteiger partial charge in [0, 0.05) is 31.1 Å². The van der Waals surface area contributed by atoms with Gasteiger partial charge >= 0.3 is 6.03 Å². The van der Waals surface area contributed by atoms with Gasteiger partial charge in [0.1, 0.15) is 18.7 Å². The summed E-state index contributed by atoms with van der Waals surface area (Å²) in [5, 5.41) is 2.93. The molecular weight excluding hydrogens is 418 g/mol. The molecule has 3 aliphatic rings. The molecule has 1 N–H and O–H groups in total. The Morgan fingerprint density at radius 2 is 1.94 bits per heavy atom. The molecule has 8 nitrogen and oxygen atoms in total. The Hall–Kier alpha value is -2.10. The molecule has 3 amide bonds. The molecule has 168 valence electrons. The monoisotopic (exact) mass is 447 g/mol. The first-order valence-corrected chi connectivity index (χ1v) is 12.0. The number of nitrogens with zero attached hydrogens (tertiary/aromatic N) is 2. The smallest absolute Gasteiger partial charge is 0.318 e. The molecule has 4 rings (SSSR count). The molecule has 3 atom stereocenters. The van der Waals surface area contributed by atoms with Crippen LogP contribution in [-0.4, -0.2) is 90.9 Å². The number of hydrogen-bond donors (Lipinski definition) is 1. The van der Waals surface area contributed by atoms with E-state index in [9.17, 15) is 14.4 Å². The minimum atomic E-state index is -0.698. The molecule has 31 heavy (non-hydrogen) atoms. The van der Waals surface area contributed by atoms with Crippen molar-refractivity contribution in [2.24, 2.45) is 0 Å². The Morgan fingerprint density at radius 3 is 2.71 bits per heavy atom. The molecule has 3 saturated heterocycles. The molecule has 9 heteroatoms. The number of ketones is 1. The minimum absolute atomic E-state index is 0.0479. The number of carbonyl (C=O) groups excluding carboxylic acids is 3. The first-order valence-electron chi connectivity index (χ1n) is 10.8. The van der Waals surface area contributed by atoms with Crippen molar-refractivity contribution in [2.45, 2.75) is 36.8 Å². The second-order valence-electron chi connectivity index (χ2n) is 8.04. The Bertz CT molecular complexity index is 787. The number of ether oxygens (including phenoxy) is 2. The van der Waals surface area contributed by atoms with Crippen LogP contribution in [0.2, 0.25) is 0 Å². The number of thioether (sulfide) groups is 1. The number of morpholine rings is 1. The molecule has 1 aromatic carbocycles. The Balaban J connectivity index is 1.44. The topological polar surface area (TPSA) is 88.2 Å². The molecule has 3 fully saturated rings. The van der Waals surface area contributed by atoms with E-state index in [1.54, 1.807) is 21.6 Å². The summed E-state index contributed by atoms with van der Waals surface area (Å²) in [6, 6.07) is 8.54. The number of fused-ring (bicyclic) bond motifs is 1. The first kappa shape index (κ1) is 22.1. The maximum Gasteiger partial charge on any atom is 0.318 e. The number of carbonyl (C=O) groups is 3. The van der Waals surface area contributed by atoms with Crippen molar-refractivity contribution in [3.8, 4) is 0 Å². The van der Waals surface area contributed by atoms with Crippen LogP contribution < -0.4 is 5.32 Å². The lowest BCUT2D eigenvalue weighted by molar-refractivity contribution is -0.142. The van der Waals surface area contributed by atoms with Crippen LogP contribution in [0.25, 0.3) is 0 Å². The van der Waals surface area contributed by atoms with Crippen LogP contribution in [0.3, 0.4) is 0 Å². The van der Waals surface area contributed by atoms with Crippen LogP contribution in [0, 0.1) is 0 Å². The van der Waals surface area contributed by atoms with E-state index >= 15 is 0 Å². The number of likely N-dealkylation sites (tertiary alicyclic amines) is 1. The Kier molecular flexibility index (Phi) is 7.47. The number of nitrogens with one attached hydrogen (secondary N) is 1. The molecular formula is C22H29N3O5S. The van der Waals surface area contributed by atoms with Gasteiger partial charge in [0.15, 0.2) is 5.78 Å². The summed E-state index contributed by atoms with van der Waals surface area (Å²) in [5.74, 6) is 0.933. The van der Waals surface area contributed by atoms with Crippen LogP contribution in [0.5, 0.6) is 0 Å². The maximum absolute atomic E-state index is 13.5. The summed E-state index contributed by atoms with van der Waals surface area (Å²) >= 11 is 1.60.